The van der Waals surface area contributed by atoms with Crippen molar-refractivity contribution >= 4 is 26.0 Å². The molecule has 2 N–H and O–H groups in total. The van der Waals surface area contributed by atoms with Crippen molar-refractivity contribution in [3.05, 3.63) is 28.2 Å². The van der Waals surface area contributed by atoms with Gasteiger partial charge in [-0.05, 0) is 44.2 Å². The lowest BCUT2D eigenvalue weighted by atomic mass is 10.2. The van der Waals surface area contributed by atoms with E-state index >= 15 is 0 Å². The van der Waals surface area contributed by atoms with E-state index in [9.17, 15) is 8.42 Å². The zero-order valence-electron chi connectivity index (χ0n) is 10.8. The average molecular weight is 335 g/mol. The molecule has 0 saturated carbocycles. The summed E-state index contributed by atoms with van der Waals surface area (Å²) in [7, 11) is -3.43. The quantitative estimate of drug-likeness (QED) is 0.836. The van der Waals surface area contributed by atoms with Crippen LogP contribution >= 0.6 is 15.9 Å². The van der Waals surface area contributed by atoms with Crippen LogP contribution in [0.3, 0.4) is 0 Å². The van der Waals surface area contributed by atoms with Crippen molar-refractivity contribution in [1.29, 1.82) is 0 Å². The maximum absolute atomic E-state index is 12.1. The van der Waals surface area contributed by atoms with Gasteiger partial charge in [0.1, 0.15) is 0 Å². The lowest BCUT2D eigenvalue weighted by molar-refractivity contribution is 0.536. The second kappa shape index (κ2) is 6.65. The Hall–Kier alpha value is -0.430. The Morgan fingerprint density at radius 2 is 2.06 bits per heavy atom. The summed E-state index contributed by atoms with van der Waals surface area (Å²) in [4.78, 5) is 0.328. The Morgan fingerprint density at radius 1 is 1.39 bits per heavy atom. The van der Waals surface area contributed by atoms with E-state index in [1.165, 1.54) is 0 Å². The number of sulfonamides is 1. The van der Waals surface area contributed by atoms with Crippen LogP contribution in [0, 0.1) is 6.92 Å². The summed E-state index contributed by atoms with van der Waals surface area (Å²) in [5, 5.41) is 3.16. The van der Waals surface area contributed by atoms with Gasteiger partial charge in [0.15, 0.2) is 0 Å². The number of nitrogens with one attached hydrogen (secondary N) is 2. The van der Waals surface area contributed by atoms with E-state index in [0.29, 0.717) is 11.4 Å². The molecular weight excluding hydrogens is 316 g/mol. The summed E-state index contributed by atoms with van der Waals surface area (Å²) < 4.78 is 27.7. The van der Waals surface area contributed by atoms with Crippen molar-refractivity contribution in [2.24, 2.45) is 0 Å². The molecule has 0 spiro atoms. The van der Waals surface area contributed by atoms with Gasteiger partial charge in [0, 0.05) is 17.1 Å². The summed E-state index contributed by atoms with van der Waals surface area (Å²) >= 11 is 3.32. The van der Waals surface area contributed by atoms with Crippen molar-refractivity contribution in [1.82, 2.24) is 10.0 Å². The molecule has 0 aliphatic heterocycles. The third-order valence-electron chi connectivity index (χ3n) is 2.56. The molecule has 1 atom stereocenters. The molecule has 0 radical (unpaired) electrons. The van der Waals surface area contributed by atoms with Crippen LogP contribution in [0.4, 0.5) is 0 Å². The van der Waals surface area contributed by atoms with Crippen LogP contribution in [0.1, 0.15) is 19.4 Å². The maximum Gasteiger partial charge on any atom is 0.240 e. The molecule has 0 fully saturated rings. The van der Waals surface area contributed by atoms with E-state index < -0.39 is 10.0 Å². The van der Waals surface area contributed by atoms with Gasteiger partial charge in [0.2, 0.25) is 10.0 Å². The van der Waals surface area contributed by atoms with Gasteiger partial charge >= 0.3 is 0 Å². The number of hydrogen-bond acceptors (Lipinski definition) is 3. The molecule has 4 nitrogen and oxygen atoms in total. The molecule has 0 bridgehead atoms. The summed E-state index contributed by atoms with van der Waals surface area (Å²) in [6.45, 7) is 6.92. The number of halogens is 1. The Bertz CT molecular complexity index is 503. The molecule has 0 aliphatic carbocycles. The highest BCUT2D eigenvalue weighted by Crippen LogP contribution is 2.19. The first kappa shape index (κ1) is 15.6. The number of benzene rings is 1. The highest BCUT2D eigenvalue weighted by Gasteiger charge is 2.17. The van der Waals surface area contributed by atoms with Crippen LogP contribution in [-0.4, -0.2) is 27.5 Å². The fraction of sp³-hybridized carbons (Fsp3) is 0.500. The molecule has 0 aliphatic rings. The van der Waals surface area contributed by atoms with Gasteiger partial charge in [0.25, 0.3) is 0 Å². The van der Waals surface area contributed by atoms with Gasteiger partial charge in [-0.25, -0.2) is 13.1 Å². The van der Waals surface area contributed by atoms with Gasteiger partial charge in [0.05, 0.1) is 4.90 Å². The molecule has 102 valence electrons. The molecular formula is C12H19BrN2O2S. The number of aryl methyl sites for hydroxylation is 1. The van der Waals surface area contributed by atoms with Gasteiger partial charge < -0.3 is 5.32 Å². The molecule has 0 amide bonds. The third-order valence-corrected chi connectivity index (χ3v) is 4.64. The smallest absolute Gasteiger partial charge is 0.240 e. The summed E-state index contributed by atoms with van der Waals surface area (Å²) in [6.07, 6.45) is 0. The topological polar surface area (TPSA) is 58.2 Å². The first-order chi connectivity index (χ1) is 8.36. The first-order valence-corrected chi connectivity index (χ1v) is 8.13. The van der Waals surface area contributed by atoms with E-state index in [-0.39, 0.29) is 6.04 Å². The fourth-order valence-electron chi connectivity index (χ4n) is 1.65. The molecule has 0 aromatic heterocycles. The van der Waals surface area contributed by atoms with Crippen LogP contribution in [-0.2, 0) is 10.0 Å². The number of rotatable bonds is 6. The van der Waals surface area contributed by atoms with Gasteiger partial charge in [-0.15, -0.1) is 0 Å². The lowest BCUT2D eigenvalue weighted by Crippen LogP contribution is -2.38. The van der Waals surface area contributed by atoms with Gasteiger partial charge in [-0.2, -0.15) is 0 Å². The van der Waals surface area contributed by atoms with Crippen LogP contribution < -0.4 is 10.0 Å². The molecule has 1 aromatic rings. The predicted molar refractivity (Wildman–Crippen MR) is 77.2 cm³/mol. The molecule has 0 unspecified atom stereocenters. The van der Waals surface area contributed by atoms with Crippen LogP contribution in [0.5, 0.6) is 0 Å². The van der Waals surface area contributed by atoms with Gasteiger partial charge in [-0.1, -0.05) is 22.9 Å². The van der Waals surface area contributed by atoms with Crippen molar-refractivity contribution in [2.75, 3.05) is 13.1 Å². The monoisotopic (exact) mass is 334 g/mol. The second-order valence-electron chi connectivity index (χ2n) is 4.22. The van der Waals surface area contributed by atoms with Crippen molar-refractivity contribution in [3.63, 3.8) is 0 Å². The number of hydrogen-bond donors (Lipinski definition) is 2. The molecule has 6 heteroatoms. The summed E-state index contributed by atoms with van der Waals surface area (Å²) in [5.74, 6) is 0. The van der Waals surface area contributed by atoms with Crippen LogP contribution in [0.25, 0.3) is 0 Å². The molecule has 0 heterocycles. The van der Waals surface area contributed by atoms with E-state index in [1.54, 1.807) is 25.1 Å². The zero-order valence-corrected chi connectivity index (χ0v) is 13.2. The maximum atomic E-state index is 12.1. The second-order valence-corrected chi connectivity index (χ2v) is 6.87. The lowest BCUT2D eigenvalue weighted by Gasteiger charge is -2.14. The predicted octanol–water partition coefficient (Wildman–Crippen LogP) is 2.03. The van der Waals surface area contributed by atoms with Crippen molar-refractivity contribution in [3.8, 4) is 0 Å². The van der Waals surface area contributed by atoms with Crippen molar-refractivity contribution in [2.45, 2.75) is 31.7 Å². The first-order valence-electron chi connectivity index (χ1n) is 5.86. The highest BCUT2D eigenvalue weighted by molar-refractivity contribution is 9.10. The summed E-state index contributed by atoms with van der Waals surface area (Å²) in [6, 6.07) is 5.25. The minimum atomic E-state index is -3.43. The Morgan fingerprint density at radius 3 is 2.61 bits per heavy atom. The van der Waals surface area contributed by atoms with Crippen LogP contribution in [0.2, 0.25) is 0 Å². The molecule has 0 saturated heterocycles. The molecule has 18 heavy (non-hydrogen) atoms. The standard InChI is InChI=1S/C12H19BrN2O2S/c1-4-14-10(3)8-15-18(16,17)12-6-5-11(13)7-9(12)2/h5-7,10,14-15H,4,8H2,1-3H3/t10-/m1/s1. The van der Waals surface area contributed by atoms with E-state index in [1.807, 2.05) is 13.8 Å². The minimum absolute atomic E-state index is 0.112. The third kappa shape index (κ3) is 4.35. The summed E-state index contributed by atoms with van der Waals surface area (Å²) in [5.41, 5.74) is 0.730. The van der Waals surface area contributed by atoms with Crippen molar-refractivity contribution < 1.29 is 8.42 Å². The minimum Gasteiger partial charge on any atom is -0.313 e. The zero-order chi connectivity index (χ0) is 13.8. The SMILES string of the molecule is CCN[C@H](C)CNS(=O)(=O)c1ccc(Br)cc1C. The fourth-order valence-corrected chi connectivity index (χ4v) is 3.48. The Balaban J connectivity index is 2.80. The Labute approximate surface area is 117 Å². The molecule has 1 aromatic carbocycles. The highest BCUT2D eigenvalue weighted by atomic mass is 79.9. The largest absolute Gasteiger partial charge is 0.313 e. The Kier molecular flexibility index (Phi) is 5.78. The average Bonchev–Trinajstić information content (AvgIpc) is 2.26. The molecule has 1 rings (SSSR count). The van der Waals surface area contributed by atoms with Gasteiger partial charge in [-0.3, -0.25) is 0 Å². The van der Waals surface area contributed by atoms with E-state index in [0.717, 1.165) is 16.6 Å². The normalized spacial score (nSPS) is 13.6. The number of likely N-dealkylation sites (N-methyl/N-ethyl adjacent to an activating group) is 1. The van der Waals surface area contributed by atoms with E-state index in [2.05, 4.69) is 26.0 Å². The van der Waals surface area contributed by atoms with E-state index in [4.69, 9.17) is 0 Å². The van der Waals surface area contributed by atoms with Crippen LogP contribution in [0.15, 0.2) is 27.6 Å².